The number of fused-ring (bicyclic) bond motifs is 1. The molecule has 0 aliphatic carbocycles. The number of carbonyl (C=O) groups is 1. The molecule has 2 atom stereocenters. The first-order valence-corrected chi connectivity index (χ1v) is 12.7. The lowest BCUT2D eigenvalue weighted by Gasteiger charge is -2.20. The highest BCUT2D eigenvalue weighted by atomic mass is 16.4. The zero-order chi connectivity index (χ0) is 27.1. The molecule has 0 saturated heterocycles. The third-order valence-corrected chi connectivity index (χ3v) is 6.19. The molecule has 0 aliphatic heterocycles. The largest absolute Gasteiger partial charge is 0.480 e. The molecule has 0 spiro atoms. The number of anilines is 2. The summed E-state index contributed by atoms with van der Waals surface area (Å²) in [4.78, 5) is 25.0. The van der Waals surface area contributed by atoms with E-state index in [0.717, 1.165) is 28.8 Å². The van der Waals surface area contributed by atoms with Crippen molar-refractivity contribution in [1.82, 2.24) is 29.9 Å². The van der Waals surface area contributed by atoms with Crippen LogP contribution in [-0.2, 0) is 17.8 Å². The van der Waals surface area contributed by atoms with Crippen molar-refractivity contribution in [2.75, 3.05) is 23.7 Å². The highest BCUT2D eigenvalue weighted by molar-refractivity contribution is 5.73. The maximum absolute atomic E-state index is 11.4. The fourth-order valence-electron chi connectivity index (χ4n) is 4.03. The van der Waals surface area contributed by atoms with Crippen LogP contribution in [0.4, 0.5) is 11.9 Å². The molecule has 0 amide bonds. The van der Waals surface area contributed by atoms with Crippen molar-refractivity contribution < 1.29 is 15.0 Å². The Hall–Kier alpha value is -4.09. The fraction of sp³-hybridized carbons (Fsp3) is 0.370. The molecule has 0 bridgehead atoms. The first-order valence-electron chi connectivity index (χ1n) is 12.7. The quantitative estimate of drug-likeness (QED) is 0.179. The van der Waals surface area contributed by atoms with Gasteiger partial charge in [-0.25, -0.2) is 0 Å². The molecule has 0 unspecified atom stereocenters. The van der Waals surface area contributed by atoms with Crippen molar-refractivity contribution in [3.05, 3.63) is 66.0 Å². The number of hydrogen-bond acceptors (Lipinski definition) is 9. The number of pyridine rings is 1. The minimum absolute atomic E-state index is 0.104. The van der Waals surface area contributed by atoms with E-state index in [9.17, 15) is 15.0 Å². The van der Waals surface area contributed by atoms with Gasteiger partial charge in [0, 0.05) is 37.0 Å². The van der Waals surface area contributed by atoms with Crippen LogP contribution in [0.15, 0.2) is 54.9 Å². The minimum atomic E-state index is -0.941. The third kappa shape index (κ3) is 6.61. The molecule has 200 valence electrons. The first kappa shape index (κ1) is 27.0. The number of aryl methyl sites for hydroxylation is 1. The molecule has 5 N–H and O–H groups in total. The van der Waals surface area contributed by atoms with Gasteiger partial charge in [0.05, 0.1) is 18.0 Å². The molecule has 3 heterocycles. The van der Waals surface area contributed by atoms with Crippen LogP contribution < -0.4 is 16.0 Å². The van der Waals surface area contributed by atoms with Crippen LogP contribution in [0.2, 0.25) is 0 Å². The summed E-state index contributed by atoms with van der Waals surface area (Å²) in [5, 5.41) is 33.5. The van der Waals surface area contributed by atoms with Crippen molar-refractivity contribution in [3.63, 3.8) is 0 Å². The van der Waals surface area contributed by atoms with E-state index >= 15 is 0 Å². The van der Waals surface area contributed by atoms with Crippen LogP contribution in [0.1, 0.15) is 31.9 Å². The van der Waals surface area contributed by atoms with Gasteiger partial charge in [-0.3, -0.25) is 9.78 Å². The minimum Gasteiger partial charge on any atom is -0.480 e. The second kappa shape index (κ2) is 12.4. The smallest absolute Gasteiger partial charge is 0.320 e. The molecule has 4 aromatic rings. The number of hydrogen-bond donors (Lipinski definition) is 5. The number of aliphatic hydroxyl groups excluding tert-OH is 1. The van der Waals surface area contributed by atoms with E-state index in [2.05, 4.69) is 36.0 Å². The van der Waals surface area contributed by atoms with E-state index in [0.29, 0.717) is 24.1 Å². The Morgan fingerprint density at radius 3 is 2.50 bits per heavy atom. The predicted octanol–water partition coefficient (Wildman–Crippen LogP) is 2.83. The molecule has 4 rings (SSSR count). The van der Waals surface area contributed by atoms with Crippen molar-refractivity contribution in [3.8, 4) is 11.3 Å². The molecule has 1 aromatic carbocycles. The van der Waals surface area contributed by atoms with E-state index < -0.39 is 18.1 Å². The van der Waals surface area contributed by atoms with Crippen LogP contribution in [0.3, 0.4) is 0 Å². The molecule has 11 nitrogen and oxygen atoms in total. The number of carboxylic acid groups (broad SMARTS) is 1. The summed E-state index contributed by atoms with van der Waals surface area (Å²) >= 11 is 0. The predicted molar refractivity (Wildman–Crippen MR) is 146 cm³/mol. The van der Waals surface area contributed by atoms with E-state index in [-0.39, 0.29) is 19.0 Å². The number of aliphatic carboxylic acids is 1. The number of aromatic nitrogens is 5. The van der Waals surface area contributed by atoms with Crippen molar-refractivity contribution in [2.24, 2.45) is 5.92 Å². The number of nitrogens with one attached hydrogen (secondary N) is 3. The summed E-state index contributed by atoms with van der Waals surface area (Å²) in [5.74, 6) is -0.181. The average molecular weight is 519 g/mol. The van der Waals surface area contributed by atoms with Crippen LogP contribution in [0.5, 0.6) is 0 Å². The Kier molecular flexibility index (Phi) is 8.82. The molecule has 0 aliphatic rings. The van der Waals surface area contributed by atoms with Gasteiger partial charge in [-0.05, 0) is 30.0 Å². The zero-order valence-electron chi connectivity index (χ0n) is 21.8. The zero-order valence-corrected chi connectivity index (χ0v) is 21.8. The third-order valence-electron chi connectivity index (χ3n) is 6.19. The fourth-order valence-corrected chi connectivity index (χ4v) is 4.03. The first-order chi connectivity index (χ1) is 18.4. The molecule has 0 radical (unpaired) electrons. The normalized spacial score (nSPS) is 13.0. The lowest BCUT2D eigenvalue weighted by atomic mass is 10.0. The Bertz CT molecular complexity index is 1340. The topological polar surface area (TPSA) is 150 Å². The van der Waals surface area contributed by atoms with Gasteiger partial charge in [0.1, 0.15) is 6.04 Å². The SMILES string of the molecule is CCc1cnn2c(NCc3ccc(-c4ccccn4)cc3)nc(NC[C@H](O)CN[C@@H](C(=O)O)C(C)C)nc12. The summed E-state index contributed by atoms with van der Waals surface area (Å²) in [6.07, 6.45) is 3.48. The Morgan fingerprint density at radius 2 is 1.84 bits per heavy atom. The standard InChI is InChI=1S/C27H34N8O3/c1-4-19-14-32-35-24(19)33-26(30-16-21(36)15-29-23(17(2)3)25(37)38)34-27(35)31-13-18-8-10-20(11-9-18)22-7-5-6-12-28-22/h5-12,14,17,21,23,29,36H,4,13,15-16H2,1-3H3,(H,37,38)(H2,30,31,33,34)/t21-,23-/m1/s1. The van der Waals surface area contributed by atoms with Gasteiger partial charge in [0.25, 0.3) is 0 Å². The second-order valence-electron chi connectivity index (χ2n) is 9.40. The van der Waals surface area contributed by atoms with E-state index in [1.165, 1.54) is 0 Å². The number of aliphatic hydroxyl groups is 1. The molecular weight excluding hydrogens is 484 g/mol. The van der Waals surface area contributed by atoms with Crippen molar-refractivity contribution >= 4 is 23.5 Å². The van der Waals surface area contributed by atoms with Gasteiger partial charge in [-0.2, -0.15) is 19.6 Å². The van der Waals surface area contributed by atoms with Crippen LogP contribution in [0.25, 0.3) is 16.9 Å². The maximum Gasteiger partial charge on any atom is 0.320 e. The lowest BCUT2D eigenvalue weighted by molar-refractivity contribution is -0.140. The van der Waals surface area contributed by atoms with E-state index in [1.54, 1.807) is 16.9 Å². The number of nitrogens with zero attached hydrogens (tertiary/aromatic N) is 5. The molecule has 0 saturated carbocycles. The lowest BCUT2D eigenvalue weighted by Crippen LogP contribution is -2.45. The van der Waals surface area contributed by atoms with Crippen LogP contribution >= 0.6 is 0 Å². The van der Waals surface area contributed by atoms with Gasteiger partial charge < -0.3 is 26.2 Å². The van der Waals surface area contributed by atoms with Gasteiger partial charge >= 0.3 is 5.97 Å². The van der Waals surface area contributed by atoms with Crippen molar-refractivity contribution in [1.29, 1.82) is 0 Å². The monoisotopic (exact) mass is 518 g/mol. The Labute approximate surface area is 221 Å². The Morgan fingerprint density at radius 1 is 1.05 bits per heavy atom. The van der Waals surface area contributed by atoms with Crippen LogP contribution in [-0.4, -0.2) is 66.0 Å². The average Bonchev–Trinajstić information content (AvgIpc) is 3.34. The highest BCUT2D eigenvalue weighted by Crippen LogP contribution is 2.19. The molecule has 11 heteroatoms. The van der Waals surface area contributed by atoms with Gasteiger partial charge in [0.2, 0.25) is 11.9 Å². The number of carboxylic acids is 1. The summed E-state index contributed by atoms with van der Waals surface area (Å²) in [7, 11) is 0. The van der Waals surface area contributed by atoms with Crippen LogP contribution in [0, 0.1) is 5.92 Å². The van der Waals surface area contributed by atoms with E-state index in [1.807, 2.05) is 63.2 Å². The second-order valence-corrected chi connectivity index (χ2v) is 9.40. The molecule has 38 heavy (non-hydrogen) atoms. The molecule has 3 aromatic heterocycles. The van der Waals surface area contributed by atoms with Gasteiger partial charge in [-0.15, -0.1) is 0 Å². The summed E-state index contributed by atoms with van der Waals surface area (Å²) in [5.41, 5.74) is 4.68. The number of benzene rings is 1. The van der Waals surface area contributed by atoms with E-state index in [4.69, 9.17) is 0 Å². The number of rotatable bonds is 13. The molecular formula is C27H34N8O3. The maximum atomic E-state index is 11.4. The van der Waals surface area contributed by atoms with Gasteiger partial charge in [-0.1, -0.05) is 51.1 Å². The highest BCUT2D eigenvalue weighted by Gasteiger charge is 2.22. The van der Waals surface area contributed by atoms with Gasteiger partial charge in [0.15, 0.2) is 5.65 Å². The Balaban J connectivity index is 1.44. The summed E-state index contributed by atoms with van der Waals surface area (Å²) in [6.45, 7) is 6.47. The summed E-state index contributed by atoms with van der Waals surface area (Å²) in [6, 6.07) is 13.3. The van der Waals surface area contributed by atoms with Crippen molar-refractivity contribution in [2.45, 2.75) is 45.9 Å². The summed E-state index contributed by atoms with van der Waals surface area (Å²) < 4.78 is 1.67. The molecule has 0 fully saturated rings.